The molecule has 0 saturated carbocycles. The molecule has 1 aliphatic rings. The van der Waals surface area contributed by atoms with Crippen LogP contribution < -0.4 is 5.32 Å². The van der Waals surface area contributed by atoms with Gasteiger partial charge in [-0.15, -0.1) is 0 Å². The van der Waals surface area contributed by atoms with E-state index in [1.807, 2.05) is 30.3 Å². The van der Waals surface area contributed by atoms with E-state index in [0.29, 0.717) is 57.5 Å². The van der Waals surface area contributed by atoms with Gasteiger partial charge >= 0.3 is 6.09 Å². The van der Waals surface area contributed by atoms with Crippen molar-refractivity contribution in [3.05, 3.63) is 78.6 Å². The van der Waals surface area contributed by atoms with Crippen LogP contribution in [0.5, 0.6) is 0 Å². The third kappa shape index (κ3) is 7.89. The molecule has 1 aromatic carbocycles. The van der Waals surface area contributed by atoms with Crippen LogP contribution in [0.15, 0.2) is 67.5 Å². The summed E-state index contributed by atoms with van der Waals surface area (Å²) >= 11 is 0. The predicted octanol–water partition coefficient (Wildman–Crippen LogP) is 2.39. The molecule has 1 atom stereocenters. The number of amides is 4. The highest BCUT2D eigenvalue weighted by Gasteiger charge is 2.34. The Morgan fingerprint density at radius 3 is 2.27 bits per heavy atom. The molecule has 1 saturated heterocycles. The lowest BCUT2D eigenvalue weighted by atomic mass is 10.0. The van der Waals surface area contributed by atoms with E-state index in [0.717, 1.165) is 5.56 Å². The molecule has 0 aliphatic carbocycles. The van der Waals surface area contributed by atoms with E-state index in [1.54, 1.807) is 34.3 Å². The lowest BCUT2D eigenvalue weighted by molar-refractivity contribution is -0.138. The topological polar surface area (TPSA) is 123 Å². The Bertz CT molecular complexity index is 1070. The molecule has 2 aromatic rings. The second kappa shape index (κ2) is 13.8. The van der Waals surface area contributed by atoms with Crippen LogP contribution in [0, 0.1) is 0 Å². The molecule has 2 N–H and O–H groups in total. The first-order valence-electron chi connectivity index (χ1n) is 12.3. The van der Waals surface area contributed by atoms with Gasteiger partial charge in [0.25, 0.3) is 5.91 Å². The maximum Gasteiger partial charge on any atom is 0.408 e. The van der Waals surface area contributed by atoms with Gasteiger partial charge in [-0.3, -0.25) is 24.3 Å². The maximum absolute atomic E-state index is 13.6. The average molecular weight is 508 g/mol. The standard InChI is InChI=1S/C27H33N5O5/c1-2-24(33)29-13-7-6-10-23(32(27(36)37)20-21-8-4-3-5-9-21)26(35)31-18-16-30(17-19-31)25(34)22-11-14-28-15-12-22/h2-5,8-9,11-12,14-15,23H,1,6-7,10,13,16-20H2,(H,29,33)(H,36,37)/t23-/m0/s1. The molecule has 3 rings (SSSR count). The smallest absolute Gasteiger partial charge is 0.408 e. The number of carboxylic acid groups (broad SMARTS) is 1. The largest absolute Gasteiger partial charge is 0.465 e. The number of hydrogen-bond acceptors (Lipinski definition) is 5. The Balaban J connectivity index is 1.67. The molecule has 37 heavy (non-hydrogen) atoms. The Morgan fingerprint density at radius 2 is 1.65 bits per heavy atom. The summed E-state index contributed by atoms with van der Waals surface area (Å²) in [4.78, 5) is 58.5. The van der Waals surface area contributed by atoms with Crippen LogP contribution in [0.2, 0.25) is 0 Å². The fourth-order valence-corrected chi connectivity index (χ4v) is 4.27. The number of piperazine rings is 1. The summed E-state index contributed by atoms with van der Waals surface area (Å²) in [7, 11) is 0. The first-order chi connectivity index (χ1) is 17.9. The molecule has 0 unspecified atom stereocenters. The summed E-state index contributed by atoms with van der Waals surface area (Å²) in [6.07, 6.45) is 4.61. The average Bonchev–Trinajstić information content (AvgIpc) is 2.94. The zero-order chi connectivity index (χ0) is 26.6. The molecular formula is C27H33N5O5. The minimum atomic E-state index is -1.17. The van der Waals surface area contributed by atoms with Crippen molar-refractivity contribution in [3.63, 3.8) is 0 Å². The van der Waals surface area contributed by atoms with Gasteiger partial charge in [-0.1, -0.05) is 36.9 Å². The van der Waals surface area contributed by atoms with Gasteiger partial charge in [0.2, 0.25) is 11.8 Å². The fourth-order valence-electron chi connectivity index (χ4n) is 4.27. The van der Waals surface area contributed by atoms with Crippen molar-refractivity contribution in [2.45, 2.75) is 31.8 Å². The number of nitrogens with one attached hydrogen (secondary N) is 1. The van der Waals surface area contributed by atoms with Crippen LogP contribution in [0.3, 0.4) is 0 Å². The monoisotopic (exact) mass is 507 g/mol. The highest BCUT2D eigenvalue weighted by Crippen LogP contribution is 2.18. The number of nitrogens with zero attached hydrogens (tertiary/aromatic N) is 4. The van der Waals surface area contributed by atoms with Gasteiger partial charge in [0, 0.05) is 57.2 Å². The summed E-state index contributed by atoms with van der Waals surface area (Å²) in [5.41, 5.74) is 1.32. The highest BCUT2D eigenvalue weighted by atomic mass is 16.4. The Hall–Kier alpha value is -4.21. The zero-order valence-electron chi connectivity index (χ0n) is 20.8. The van der Waals surface area contributed by atoms with Gasteiger partial charge in [0.1, 0.15) is 6.04 Å². The lowest BCUT2D eigenvalue weighted by Gasteiger charge is -2.38. The van der Waals surface area contributed by atoms with E-state index in [2.05, 4.69) is 16.9 Å². The van der Waals surface area contributed by atoms with E-state index in [1.165, 1.54) is 11.0 Å². The van der Waals surface area contributed by atoms with Gasteiger partial charge in [0.05, 0.1) is 0 Å². The van der Waals surface area contributed by atoms with E-state index in [-0.39, 0.29) is 24.3 Å². The normalized spacial score (nSPS) is 13.9. The Kier molecular flexibility index (Phi) is 10.2. The number of pyridine rings is 1. The van der Waals surface area contributed by atoms with E-state index in [9.17, 15) is 24.3 Å². The zero-order valence-corrected chi connectivity index (χ0v) is 20.8. The van der Waals surface area contributed by atoms with Gasteiger partial charge < -0.3 is 20.2 Å². The number of hydrogen-bond donors (Lipinski definition) is 2. The minimum Gasteiger partial charge on any atom is -0.465 e. The summed E-state index contributed by atoms with van der Waals surface area (Å²) in [6, 6.07) is 11.6. The second-order valence-electron chi connectivity index (χ2n) is 8.76. The van der Waals surface area contributed by atoms with E-state index < -0.39 is 12.1 Å². The molecule has 0 bridgehead atoms. The summed E-state index contributed by atoms with van der Waals surface area (Å²) < 4.78 is 0. The summed E-state index contributed by atoms with van der Waals surface area (Å²) in [5.74, 6) is -0.670. The molecular weight excluding hydrogens is 474 g/mol. The first-order valence-corrected chi connectivity index (χ1v) is 12.3. The van der Waals surface area contributed by atoms with Crippen molar-refractivity contribution in [2.75, 3.05) is 32.7 Å². The van der Waals surface area contributed by atoms with Crippen LogP contribution >= 0.6 is 0 Å². The van der Waals surface area contributed by atoms with Crippen molar-refractivity contribution in [1.29, 1.82) is 0 Å². The number of carbonyl (C=O) groups is 4. The van der Waals surface area contributed by atoms with Crippen LogP contribution in [0.1, 0.15) is 35.2 Å². The number of unbranched alkanes of at least 4 members (excludes halogenated alkanes) is 1. The van der Waals surface area contributed by atoms with Gasteiger partial charge in [0.15, 0.2) is 0 Å². The Morgan fingerprint density at radius 1 is 1.00 bits per heavy atom. The lowest BCUT2D eigenvalue weighted by Crippen LogP contribution is -2.56. The minimum absolute atomic E-state index is 0.0836. The SMILES string of the molecule is C=CC(=O)NCCCC[C@@H](C(=O)N1CCN(C(=O)c2ccncc2)CC1)N(Cc1ccccc1)C(=O)O. The molecule has 10 heteroatoms. The number of benzene rings is 1. The van der Waals surface area contributed by atoms with Gasteiger partial charge in [-0.05, 0) is 43.0 Å². The number of rotatable bonds is 11. The first kappa shape index (κ1) is 27.4. The third-order valence-corrected chi connectivity index (χ3v) is 6.30. The molecule has 196 valence electrons. The van der Waals surface area contributed by atoms with Crippen LogP contribution in [-0.4, -0.2) is 87.4 Å². The van der Waals surface area contributed by atoms with Crippen molar-refractivity contribution in [1.82, 2.24) is 25.0 Å². The van der Waals surface area contributed by atoms with Crippen molar-refractivity contribution in [3.8, 4) is 0 Å². The number of aromatic nitrogens is 1. The van der Waals surface area contributed by atoms with Crippen LogP contribution in [0.4, 0.5) is 4.79 Å². The third-order valence-electron chi connectivity index (χ3n) is 6.30. The highest BCUT2D eigenvalue weighted by molar-refractivity contribution is 5.94. The van der Waals surface area contributed by atoms with Crippen molar-refractivity contribution >= 4 is 23.8 Å². The van der Waals surface area contributed by atoms with E-state index >= 15 is 0 Å². The van der Waals surface area contributed by atoms with Crippen LogP contribution in [-0.2, 0) is 16.1 Å². The van der Waals surface area contributed by atoms with Crippen molar-refractivity contribution < 1.29 is 24.3 Å². The fraction of sp³-hybridized carbons (Fsp3) is 0.370. The predicted molar refractivity (Wildman–Crippen MR) is 138 cm³/mol. The van der Waals surface area contributed by atoms with E-state index in [4.69, 9.17) is 0 Å². The molecule has 4 amide bonds. The molecule has 0 spiro atoms. The van der Waals surface area contributed by atoms with Gasteiger partial charge in [-0.2, -0.15) is 0 Å². The molecule has 2 heterocycles. The second-order valence-corrected chi connectivity index (χ2v) is 8.76. The molecule has 1 aliphatic heterocycles. The quantitative estimate of drug-likeness (QED) is 0.356. The summed E-state index contributed by atoms with van der Waals surface area (Å²) in [6.45, 7) is 5.27. The molecule has 1 aromatic heterocycles. The molecule has 10 nitrogen and oxygen atoms in total. The summed E-state index contributed by atoms with van der Waals surface area (Å²) in [5, 5.41) is 12.7. The maximum atomic E-state index is 13.6. The van der Waals surface area contributed by atoms with Crippen molar-refractivity contribution in [2.24, 2.45) is 0 Å². The number of carbonyl (C=O) groups excluding carboxylic acids is 3. The van der Waals surface area contributed by atoms with Crippen LogP contribution in [0.25, 0.3) is 0 Å². The van der Waals surface area contributed by atoms with Gasteiger partial charge in [-0.25, -0.2) is 4.79 Å². The molecule has 1 fully saturated rings. The Labute approximate surface area is 216 Å². The molecule has 0 radical (unpaired) electrons.